The molecule has 2 heterocycles. The van der Waals surface area contributed by atoms with Crippen molar-refractivity contribution in [3.05, 3.63) is 12.2 Å². The Hall–Kier alpha value is -1.23. The first-order chi connectivity index (χ1) is 22.6. The van der Waals surface area contributed by atoms with Gasteiger partial charge in [-0.15, -0.1) is 0 Å². The third-order valence-electron chi connectivity index (χ3n) is 9.03. The number of hydrogen-bond acceptors (Lipinski definition) is 13. The van der Waals surface area contributed by atoms with E-state index < -0.39 is 80.3 Å². The molecule has 2 aliphatic rings. The summed E-state index contributed by atoms with van der Waals surface area (Å²) in [6.07, 6.45) is 10.8. The van der Waals surface area contributed by atoms with Crippen molar-refractivity contribution in [2.75, 3.05) is 19.8 Å². The Morgan fingerprint density at radius 3 is 1.62 bits per heavy atom. The van der Waals surface area contributed by atoms with Crippen LogP contribution in [0, 0.1) is 0 Å². The number of ether oxygens (including phenoxy) is 4. The molecule has 0 spiro atoms. The maximum atomic E-state index is 12.9. The monoisotopic (exact) mass is 678 g/mol. The summed E-state index contributed by atoms with van der Waals surface area (Å²) in [6.45, 7) is -0.585. The molecule has 8 N–H and O–H groups in total. The van der Waals surface area contributed by atoms with Crippen molar-refractivity contribution in [1.29, 1.82) is 0 Å². The molecule has 2 rings (SSSR count). The summed E-state index contributed by atoms with van der Waals surface area (Å²) in [6, 6.07) is 0. The number of aliphatic hydroxyl groups excluding tert-OH is 8. The molecule has 2 saturated heterocycles. The van der Waals surface area contributed by atoms with Gasteiger partial charge in [-0.3, -0.25) is 9.53 Å². The summed E-state index contributed by atoms with van der Waals surface area (Å²) in [5, 5.41) is 81.6. The summed E-state index contributed by atoms with van der Waals surface area (Å²) >= 11 is 0. The van der Waals surface area contributed by atoms with Gasteiger partial charge in [-0.25, -0.2) is 0 Å². The molecule has 0 bridgehead atoms. The Morgan fingerprint density at radius 2 is 1.13 bits per heavy atom. The number of unbranched alkanes of at least 4 members (excludes halogenated alkanes) is 15. The van der Waals surface area contributed by atoms with E-state index in [1.165, 1.54) is 64.2 Å². The molecule has 276 valence electrons. The molecule has 13 heteroatoms. The second kappa shape index (κ2) is 22.5. The molecule has 0 amide bonds. The van der Waals surface area contributed by atoms with Crippen LogP contribution in [-0.4, -0.2) is 121 Å². The Bertz CT molecular complexity index is 873. The predicted octanol–water partition coefficient (Wildman–Crippen LogP) is 2.07. The zero-order valence-corrected chi connectivity index (χ0v) is 28.2. The average Bonchev–Trinajstić information content (AvgIpc) is 3.31. The number of carbonyl (C=O) groups excluding carboxylic acids is 1. The molecule has 13 nitrogen and oxygen atoms in total. The maximum absolute atomic E-state index is 12.9. The first kappa shape index (κ1) is 41.9. The van der Waals surface area contributed by atoms with Gasteiger partial charge in [-0.1, -0.05) is 96.1 Å². The summed E-state index contributed by atoms with van der Waals surface area (Å²) in [5.74, 6) is -6.45. The topological polar surface area (TPSA) is 216 Å². The van der Waals surface area contributed by atoms with E-state index >= 15 is 0 Å². The van der Waals surface area contributed by atoms with E-state index in [1.807, 2.05) is 0 Å². The van der Waals surface area contributed by atoms with Crippen LogP contribution in [0.4, 0.5) is 0 Å². The number of rotatable bonds is 25. The van der Waals surface area contributed by atoms with E-state index in [9.17, 15) is 45.6 Å². The molecule has 0 saturated carbocycles. The van der Waals surface area contributed by atoms with E-state index in [1.54, 1.807) is 0 Å². The second-order valence-corrected chi connectivity index (χ2v) is 12.9. The smallest absolute Gasteiger partial charge is 0.362 e. The molecule has 0 aromatic carbocycles. The molecular weight excluding hydrogens is 616 g/mol. The van der Waals surface area contributed by atoms with Gasteiger partial charge in [0.05, 0.1) is 13.2 Å². The van der Waals surface area contributed by atoms with Crippen LogP contribution in [0.1, 0.15) is 122 Å². The van der Waals surface area contributed by atoms with E-state index in [-0.39, 0.29) is 6.42 Å². The molecular formula is C34H62O13. The zero-order valence-electron chi connectivity index (χ0n) is 28.2. The van der Waals surface area contributed by atoms with Crippen LogP contribution >= 0.6 is 0 Å². The van der Waals surface area contributed by atoms with Crippen molar-refractivity contribution in [2.45, 2.75) is 177 Å². The highest BCUT2D eigenvalue weighted by molar-refractivity contribution is 5.69. The molecule has 1 unspecified atom stereocenters. The molecule has 2 aliphatic heterocycles. The van der Waals surface area contributed by atoms with Crippen molar-refractivity contribution in [1.82, 2.24) is 0 Å². The van der Waals surface area contributed by atoms with Gasteiger partial charge < -0.3 is 55.1 Å². The van der Waals surface area contributed by atoms with Gasteiger partial charge in [0.25, 0.3) is 0 Å². The number of hydrogen-bond donors (Lipinski definition) is 8. The fourth-order valence-electron chi connectivity index (χ4n) is 6.05. The highest BCUT2D eigenvalue weighted by Crippen LogP contribution is 2.41. The third kappa shape index (κ3) is 12.9. The zero-order chi connectivity index (χ0) is 34.7. The minimum absolute atomic E-state index is 0.132. The predicted molar refractivity (Wildman–Crippen MR) is 172 cm³/mol. The van der Waals surface area contributed by atoms with Crippen LogP contribution in [-0.2, 0) is 23.7 Å². The highest BCUT2D eigenvalue weighted by Gasteiger charge is 2.65. The van der Waals surface area contributed by atoms with Crippen LogP contribution in [0.15, 0.2) is 12.2 Å². The first-order valence-corrected chi connectivity index (χ1v) is 17.8. The van der Waals surface area contributed by atoms with Gasteiger partial charge in [0.1, 0.15) is 43.2 Å². The summed E-state index contributed by atoms with van der Waals surface area (Å²) in [4.78, 5) is 12.9. The van der Waals surface area contributed by atoms with E-state index in [0.29, 0.717) is 6.42 Å². The summed E-state index contributed by atoms with van der Waals surface area (Å²) in [7, 11) is 0. The highest BCUT2D eigenvalue weighted by atomic mass is 16.9. The minimum Gasteiger partial charge on any atom is -0.405 e. The number of esters is 1. The number of carbonyl (C=O) groups is 1. The molecule has 2 fully saturated rings. The average molecular weight is 679 g/mol. The van der Waals surface area contributed by atoms with Crippen molar-refractivity contribution in [2.24, 2.45) is 0 Å². The van der Waals surface area contributed by atoms with Crippen molar-refractivity contribution in [3.63, 3.8) is 0 Å². The standard InChI is InChI=1S/C34H62O13/c1-2-3-4-5-6-7-8-9-10-11-12-13-14-15-16-17-18-19-20-21-27(38)46-34(32(43)30(41)28(39)25(22-35)45-34)47-33(24-37)31(42)29(40)26(23-36)44-33/h9-10,25-26,28-32,35-37,39-43H,2-8,11-24H2,1H3/b10-9+/t25-,26-,28-,29-,30+,31+,32-,33?,34+/m1/s1. The molecule has 9 atom stereocenters. The van der Waals surface area contributed by atoms with Gasteiger partial charge >= 0.3 is 11.9 Å². The SMILES string of the molecule is CCCCCCCC/C=C/CCCCCCCCCCCC(=O)O[C@@]1(OC2(CO)O[C@H](CO)[C@@H](O)[C@@H]2O)O[C@H](CO)[C@@H](O)[C@H](O)[C@H]1O. The van der Waals surface area contributed by atoms with Crippen LogP contribution in [0.5, 0.6) is 0 Å². The number of aliphatic hydroxyl groups is 8. The van der Waals surface area contributed by atoms with Crippen LogP contribution in [0.2, 0.25) is 0 Å². The van der Waals surface area contributed by atoms with Gasteiger partial charge in [0.2, 0.25) is 5.79 Å². The molecule has 0 radical (unpaired) electrons. The van der Waals surface area contributed by atoms with Gasteiger partial charge in [-0.2, -0.15) is 0 Å². The lowest BCUT2D eigenvalue weighted by atomic mass is 9.97. The molecule has 0 aromatic heterocycles. The van der Waals surface area contributed by atoms with Crippen LogP contribution in [0.25, 0.3) is 0 Å². The van der Waals surface area contributed by atoms with Gasteiger partial charge in [0, 0.05) is 6.42 Å². The van der Waals surface area contributed by atoms with Crippen molar-refractivity contribution >= 4 is 5.97 Å². The fourth-order valence-corrected chi connectivity index (χ4v) is 6.05. The normalized spacial score (nSPS) is 32.7. The largest absolute Gasteiger partial charge is 0.405 e. The minimum atomic E-state index is -2.96. The summed E-state index contributed by atoms with van der Waals surface area (Å²) < 4.78 is 21.7. The first-order valence-electron chi connectivity index (χ1n) is 17.8. The second-order valence-electron chi connectivity index (χ2n) is 12.9. The van der Waals surface area contributed by atoms with Crippen molar-refractivity contribution in [3.8, 4) is 0 Å². The van der Waals surface area contributed by atoms with Crippen LogP contribution in [0.3, 0.4) is 0 Å². The lowest BCUT2D eigenvalue weighted by molar-refractivity contribution is -0.498. The van der Waals surface area contributed by atoms with E-state index in [2.05, 4.69) is 19.1 Å². The van der Waals surface area contributed by atoms with Gasteiger partial charge in [0.15, 0.2) is 6.10 Å². The van der Waals surface area contributed by atoms with Gasteiger partial charge in [-0.05, 0) is 32.1 Å². The Balaban J connectivity index is 1.73. The molecule has 0 aliphatic carbocycles. The quantitative estimate of drug-likeness (QED) is 0.0301. The molecule has 0 aromatic rings. The lowest BCUT2D eigenvalue weighted by Crippen LogP contribution is -2.70. The Labute approximate surface area is 279 Å². The van der Waals surface area contributed by atoms with Crippen molar-refractivity contribution < 1.29 is 64.6 Å². The van der Waals surface area contributed by atoms with E-state index in [0.717, 1.165) is 38.5 Å². The number of allylic oxidation sites excluding steroid dienone is 2. The molecule has 47 heavy (non-hydrogen) atoms. The maximum Gasteiger partial charge on any atom is 0.362 e. The third-order valence-corrected chi connectivity index (χ3v) is 9.03. The van der Waals surface area contributed by atoms with E-state index in [4.69, 9.17) is 18.9 Å². The Kier molecular flexibility index (Phi) is 20.1. The van der Waals surface area contributed by atoms with Crippen LogP contribution < -0.4 is 0 Å². The Morgan fingerprint density at radius 1 is 0.638 bits per heavy atom. The fraction of sp³-hybridized carbons (Fsp3) is 0.912. The lowest BCUT2D eigenvalue weighted by Gasteiger charge is -2.49. The summed E-state index contributed by atoms with van der Waals surface area (Å²) in [5.41, 5.74) is 0.